The number of piperazine rings is 1. The number of aromatic nitrogens is 3. The second kappa shape index (κ2) is 8.89. The molecule has 0 aliphatic carbocycles. The van der Waals surface area contributed by atoms with E-state index in [1.165, 1.54) is 23.3 Å². The summed E-state index contributed by atoms with van der Waals surface area (Å²) >= 11 is 0. The van der Waals surface area contributed by atoms with Gasteiger partial charge in [-0.05, 0) is 50.1 Å². The lowest BCUT2D eigenvalue weighted by Crippen LogP contribution is -2.48. The lowest BCUT2D eigenvalue weighted by Gasteiger charge is -2.36. The SMILES string of the molecule is Cc1ccc(Cc2c(C)nc3c(C(=O)N4CCN(c5cccc(F)c5)CC4)cnn3c2C)cc1. The lowest BCUT2D eigenvalue weighted by atomic mass is 10.0. The fourth-order valence-electron chi connectivity index (χ4n) is 4.64. The van der Waals surface area contributed by atoms with Crippen LogP contribution in [-0.2, 0) is 6.42 Å². The summed E-state index contributed by atoms with van der Waals surface area (Å²) in [4.78, 5) is 22.1. The van der Waals surface area contributed by atoms with Crippen LogP contribution in [0.3, 0.4) is 0 Å². The van der Waals surface area contributed by atoms with Crippen molar-refractivity contribution in [1.82, 2.24) is 19.5 Å². The number of hydrogen-bond acceptors (Lipinski definition) is 4. The molecule has 3 heterocycles. The van der Waals surface area contributed by atoms with Crippen LogP contribution in [0.4, 0.5) is 10.1 Å². The number of aryl methyl sites for hydroxylation is 3. The van der Waals surface area contributed by atoms with Crippen LogP contribution in [0.2, 0.25) is 0 Å². The topological polar surface area (TPSA) is 53.7 Å². The first-order valence-electron chi connectivity index (χ1n) is 11.6. The Bertz CT molecular complexity index is 1350. The van der Waals surface area contributed by atoms with Gasteiger partial charge in [0.25, 0.3) is 5.91 Å². The van der Waals surface area contributed by atoms with Crippen molar-refractivity contribution in [2.75, 3.05) is 31.1 Å². The van der Waals surface area contributed by atoms with E-state index in [1.54, 1.807) is 16.8 Å². The highest BCUT2D eigenvalue weighted by Gasteiger charge is 2.26. The Labute approximate surface area is 198 Å². The van der Waals surface area contributed by atoms with Crippen LogP contribution in [-0.4, -0.2) is 51.6 Å². The predicted molar refractivity (Wildman–Crippen MR) is 131 cm³/mol. The molecule has 0 saturated carbocycles. The van der Waals surface area contributed by atoms with Gasteiger partial charge < -0.3 is 9.80 Å². The first-order valence-corrected chi connectivity index (χ1v) is 11.6. The molecule has 2 aromatic heterocycles. The molecule has 34 heavy (non-hydrogen) atoms. The zero-order valence-corrected chi connectivity index (χ0v) is 19.8. The maximum absolute atomic E-state index is 13.6. The summed E-state index contributed by atoms with van der Waals surface area (Å²) < 4.78 is 15.4. The minimum atomic E-state index is -0.249. The van der Waals surface area contributed by atoms with E-state index in [2.05, 4.69) is 41.2 Å². The molecular weight excluding hydrogens is 429 g/mol. The lowest BCUT2D eigenvalue weighted by molar-refractivity contribution is 0.0748. The van der Waals surface area contributed by atoms with Crippen LogP contribution in [0, 0.1) is 26.6 Å². The summed E-state index contributed by atoms with van der Waals surface area (Å²) in [6.07, 6.45) is 2.40. The summed E-state index contributed by atoms with van der Waals surface area (Å²) in [5, 5.41) is 4.52. The van der Waals surface area contributed by atoms with E-state index in [9.17, 15) is 9.18 Å². The van der Waals surface area contributed by atoms with E-state index in [0.717, 1.165) is 29.1 Å². The summed E-state index contributed by atoms with van der Waals surface area (Å²) in [5.74, 6) is -0.313. The summed E-state index contributed by atoms with van der Waals surface area (Å²) in [7, 11) is 0. The van der Waals surface area contributed by atoms with E-state index in [-0.39, 0.29) is 11.7 Å². The minimum absolute atomic E-state index is 0.0634. The highest BCUT2D eigenvalue weighted by Crippen LogP contribution is 2.23. The Morgan fingerprint density at radius 1 is 1.00 bits per heavy atom. The third-order valence-corrected chi connectivity index (χ3v) is 6.68. The third-order valence-electron chi connectivity index (χ3n) is 6.68. The maximum atomic E-state index is 13.6. The number of benzene rings is 2. The predicted octanol–water partition coefficient (Wildman–Crippen LogP) is 4.35. The van der Waals surface area contributed by atoms with Gasteiger partial charge in [-0.3, -0.25) is 4.79 Å². The molecule has 4 aromatic rings. The van der Waals surface area contributed by atoms with E-state index < -0.39 is 0 Å². The molecule has 1 fully saturated rings. The molecule has 2 aromatic carbocycles. The van der Waals surface area contributed by atoms with Crippen molar-refractivity contribution in [3.63, 3.8) is 0 Å². The highest BCUT2D eigenvalue weighted by atomic mass is 19.1. The highest BCUT2D eigenvalue weighted by molar-refractivity contribution is 5.99. The number of nitrogens with zero attached hydrogens (tertiary/aromatic N) is 5. The molecule has 174 valence electrons. The molecule has 6 nitrogen and oxygen atoms in total. The van der Waals surface area contributed by atoms with Gasteiger partial charge in [0.2, 0.25) is 0 Å². The molecule has 1 saturated heterocycles. The molecule has 0 bridgehead atoms. The van der Waals surface area contributed by atoms with Crippen molar-refractivity contribution < 1.29 is 9.18 Å². The van der Waals surface area contributed by atoms with Gasteiger partial charge in [0.1, 0.15) is 11.4 Å². The Hall–Kier alpha value is -3.74. The van der Waals surface area contributed by atoms with Crippen LogP contribution < -0.4 is 4.90 Å². The molecule has 0 N–H and O–H groups in total. The maximum Gasteiger partial charge on any atom is 0.259 e. The van der Waals surface area contributed by atoms with Gasteiger partial charge in [0, 0.05) is 49.7 Å². The van der Waals surface area contributed by atoms with Gasteiger partial charge in [-0.2, -0.15) is 5.10 Å². The number of hydrogen-bond donors (Lipinski definition) is 0. The molecule has 1 aliphatic heterocycles. The van der Waals surface area contributed by atoms with E-state index in [0.29, 0.717) is 37.4 Å². The van der Waals surface area contributed by atoms with Crippen LogP contribution >= 0.6 is 0 Å². The molecule has 5 rings (SSSR count). The molecule has 1 aliphatic rings. The number of carbonyl (C=O) groups excluding carboxylic acids is 1. The number of amides is 1. The second-order valence-corrected chi connectivity index (χ2v) is 8.98. The van der Waals surface area contributed by atoms with Gasteiger partial charge >= 0.3 is 0 Å². The summed E-state index contributed by atoms with van der Waals surface area (Å²) in [5.41, 5.74) is 7.45. The summed E-state index contributed by atoms with van der Waals surface area (Å²) in [6.45, 7) is 8.55. The molecule has 7 heteroatoms. The van der Waals surface area contributed by atoms with Crippen molar-refractivity contribution >= 4 is 17.2 Å². The zero-order chi connectivity index (χ0) is 23.8. The van der Waals surface area contributed by atoms with Crippen molar-refractivity contribution in [3.8, 4) is 0 Å². The van der Waals surface area contributed by atoms with Gasteiger partial charge in [0.05, 0.1) is 6.20 Å². The normalized spacial score (nSPS) is 14.1. The fourth-order valence-corrected chi connectivity index (χ4v) is 4.64. The Balaban J connectivity index is 1.36. The van der Waals surface area contributed by atoms with Crippen molar-refractivity contribution in [1.29, 1.82) is 0 Å². The Morgan fingerprint density at radius 3 is 2.44 bits per heavy atom. The van der Waals surface area contributed by atoms with Gasteiger partial charge in [0.15, 0.2) is 5.65 Å². The molecule has 0 unspecified atom stereocenters. The number of fused-ring (bicyclic) bond motifs is 1. The molecule has 0 radical (unpaired) electrons. The average Bonchev–Trinajstić information content (AvgIpc) is 3.26. The molecule has 1 amide bonds. The number of halogens is 1. The number of carbonyl (C=O) groups is 1. The van der Waals surface area contributed by atoms with Crippen molar-refractivity contribution in [2.45, 2.75) is 27.2 Å². The minimum Gasteiger partial charge on any atom is -0.368 e. The largest absolute Gasteiger partial charge is 0.368 e. The molecule has 0 atom stereocenters. The first-order chi connectivity index (χ1) is 16.4. The number of rotatable bonds is 4. The van der Waals surface area contributed by atoms with Crippen molar-refractivity contribution in [3.05, 3.63) is 94.2 Å². The van der Waals surface area contributed by atoms with Gasteiger partial charge in [-0.1, -0.05) is 35.9 Å². The van der Waals surface area contributed by atoms with E-state index in [1.807, 2.05) is 24.8 Å². The average molecular weight is 458 g/mol. The summed E-state index contributed by atoms with van der Waals surface area (Å²) in [6, 6.07) is 15.1. The monoisotopic (exact) mass is 457 g/mol. The van der Waals surface area contributed by atoms with Crippen LogP contribution in [0.1, 0.15) is 38.4 Å². The van der Waals surface area contributed by atoms with E-state index in [4.69, 9.17) is 4.98 Å². The zero-order valence-electron chi connectivity index (χ0n) is 19.8. The second-order valence-electron chi connectivity index (χ2n) is 8.98. The van der Waals surface area contributed by atoms with E-state index >= 15 is 0 Å². The fraction of sp³-hybridized carbons (Fsp3) is 0.296. The first kappa shape index (κ1) is 22.1. The van der Waals surface area contributed by atoms with Crippen LogP contribution in [0.15, 0.2) is 54.7 Å². The molecular formula is C27H28FN5O. The van der Waals surface area contributed by atoms with Crippen LogP contribution in [0.25, 0.3) is 5.65 Å². The van der Waals surface area contributed by atoms with Crippen LogP contribution in [0.5, 0.6) is 0 Å². The standard InChI is InChI=1S/C27H28FN5O/c1-18-7-9-21(10-8-18)15-24-19(2)30-26-25(17-29-33(26)20(24)3)27(34)32-13-11-31(12-14-32)23-6-4-5-22(28)16-23/h4-10,16-17H,11-15H2,1-3H3. The smallest absolute Gasteiger partial charge is 0.259 e. The van der Waals surface area contributed by atoms with Gasteiger partial charge in [-0.15, -0.1) is 0 Å². The molecule has 0 spiro atoms. The Kier molecular flexibility index (Phi) is 5.77. The van der Waals surface area contributed by atoms with Crippen molar-refractivity contribution in [2.24, 2.45) is 0 Å². The Morgan fingerprint density at radius 2 is 1.74 bits per heavy atom. The number of anilines is 1. The quantitative estimate of drug-likeness (QED) is 0.457. The van der Waals surface area contributed by atoms with Gasteiger partial charge in [-0.25, -0.2) is 13.9 Å². The third kappa shape index (κ3) is 4.14.